The van der Waals surface area contributed by atoms with Gasteiger partial charge in [-0.15, -0.1) is 4.40 Å². The van der Waals surface area contributed by atoms with E-state index in [0.717, 1.165) is 6.34 Å². The normalized spacial score (nSPS) is 12.4. The fraction of sp³-hybridized carbons (Fsp3) is 0.385. The van der Waals surface area contributed by atoms with Crippen molar-refractivity contribution in [2.24, 2.45) is 4.40 Å². The maximum atomic E-state index is 12.2. The Balaban J connectivity index is 2.89. The lowest BCUT2D eigenvalue weighted by molar-refractivity contribution is -0.173. The Kier molecular flexibility index (Phi) is 7.01. The van der Waals surface area contributed by atoms with Crippen molar-refractivity contribution in [3.8, 4) is 0 Å². The minimum absolute atomic E-state index is 0.0409. The molecule has 0 aliphatic heterocycles. The number of alkyl halides is 3. The van der Waals surface area contributed by atoms with Crippen molar-refractivity contribution in [3.05, 3.63) is 27.3 Å². The molecule has 0 spiro atoms. The van der Waals surface area contributed by atoms with Crippen LogP contribution in [0.1, 0.15) is 5.56 Å². The van der Waals surface area contributed by atoms with Gasteiger partial charge in [0.15, 0.2) is 0 Å². The number of amides is 1. The molecular formula is C13H15F3IN3O3S. The fourth-order valence-corrected chi connectivity index (χ4v) is 3.75. The number of nitrogens with one attached hydrogen (secondary N) is 1. The van der Waals surface area contributed by atoms with Gasteiger partial charge >= 0.3 is 12.1 Å². The van der Waals surface area contributed by atoms with Crippen molar-refractivity contribution in [3.63, 3.8) is 0 Å². The molecule has 0 atom stereocenters. The van der Waals surface area contributed by atoms with Gasteiger partial charge in [0.25, 0.3) is 10.0 Å². The SMILES string of the molecule is CN(C)/C=N/S(=O)(=O)c1cc(CCNC(=O)C(F)(F)F)ccc1I. The molecule has 11 heteroatoms. The molecule has 1 N–H and O–H groups in total. The molecule has 0 fully saturated rings. The number of rotatable bonds is 6. The lowest BCUT2D eigenvalue weighted by atomic mass is 10.1. The third kappa shape index (κ3) is 6.26. The van der Waals surface area contributed by atoms with Crippen LogP contribution in [0.25, 0.3) is 0 Å². The van der Waals surface area contributed by atoms with Crippen molar-refractivity contribution >= 4 is 44.9 Å². The number of benzene rings is 1. The summed E-state index contributed by atoms with van der Waals surface area (Å²) in [5.41, 5.74) is 0.469. The quantitative estimate of drug-likeness (QED) is 0.385. The molecule has 0 saturated heterocycles. The van der Waals surface area contributed by atoms with Crippen molar-refractivity contribution < 1.29 is 26.4 Å². The summed E-state index contributed by atoms with van der Waals surface area (Å²) in [6, 6.07) is 4.44. The molecule has 1 aromatic carbocycles. The predicted molar refractivity (Wildman–Crippen MR) is 91.3 cm³/mol. The van der Waals surface area contributed by atoms with Gasteiger partial charge in [0.1, 0.15) is 11.2 Å². The average molecular weight is 477 g/mol. The molecule has 0 saturated carbocycles. The molecule has 0 aliphatic rings. The summed E-state index contributed by atoms with van der Waals surface area (Å²) in [4.78, 5) is 12.1. The number of halogens is 4. The van der Waals surface area contributed by atoms with Gasteiger partial charge in [0, 0.05) is 24.2 Å². The van der Waals surface area contributed by atoms with E-state index in [4.69, 9.17) is 0 Å². The summed E-state index contributed by atoms with van der Waals surface area (Å²) in [6.07, 6.45) is -3.75. The molecule has 0 bridgehead atoms. The predicted octanol–water partition coefficient (Wildman–Crippen LogP) is 1.79. The molecule has 0 unspecified atom stereocenters. The first-order valence-corrected chi connectivity index (χ1v) is 9.05. The fourth-order valence-electron chi connectivity index (χ4n) is 1.53. The number of nitrogens with zero attached hydrogens (tertiary/aromatic N) is 2. The Bertz CT molecular complexity index is 734. The monoisotopic (exact) mass is 477 g/mol. The first-order valence-electron chi connectivity index (χ1n) is 6.54. The zero-order chi connectivity index (χ0) is 18.5. The van der Waals surface area contributed by atoms with Crippen LogP contribution < -0.4 is 5.32 Å². The molecule has 0 aromatic heterocycles. The van der Waals surface area contributed by atoms with E-state index in [2.05, 4.69) is 4.40 Å². The van der Waals surface area contributed by atoms with Crippen LogP contribution in [0.2, 0.25) is 0 Å². The second-order valence-electron chi connectivity index (χ2n) is 4.93. The second-order valence-corrected chi connectivity index (χ2v) is 7.69. The number of hydrogen-bond donors (Lipinski definition) is 1. The highest BCUT2D eigenvalue weighted by Gasteiger charge is 2.38. The van der Waals surface area contributed by atoms with E-state index < -0.39 is 22.1 Å². The molecule has 1 rings (SSSR count). The largest absolute Gasteiger partial charge is 0.471 e. The molecule has 1 aromatic rings. The van der Waals surface area contributed by atoms with Crippen molar-refractivity contribution in [2.45, 2.75) is 17.5 Å². The van der Waals surface area contributed by atoms with Crippen LogP contribution in [0.4, 0.5) is 13.2 Å². The molecule has 1 amide bonds. The minimum atomic E-state index is -4.94. The van der Waals surface area contributed by atoms with E-state index >= 15 is 0 Å². The van der Waals surface area contributed by atoms with E-state index in [-0.39, 0.29) is 17.9 Å². The summed E-state index contributed by atoms with van der Waals surface area (Å²) in [7, 11) is -0.691. The van der Waals surface area contributed by atoms with E-state index in [1.165, 1.54) is 17.0 Å². The Morgan fingerprint density at radius 3 is 2.54 bits per heavy atom. The van der Waals surface area contributed by atoms with Gasteiger partial charge in [-0.25, -0.2) is 0 Å². The van der Waals surface area contributed by atoms with Gasteiger partial charge in [-0.05, 0) is 46.7 Å². The van der Waals surface area contributed by atoms with Crippen molar-refractivity contribution in [2.75, 3.05) is 20.6 Å². The number of hydrogen-bond acceptors (Lipinski definition) is 3. The van der Waals surface area contributed by atoms with Crippen LogP contribution >= 0.6 is 22.6 Å². The molecule has 0 aliphatic carbocycles. The Hall–Kier alpha value is -1.37. The minimum Gasteiger partial charge on any atom is -0.368 e. The number of carbonyl (C=O) groups is 1. The number of sulfonamides is 1. The third-order valence-electron chi connectivity index (χ3n) is 2.65. The van der Waals surface area contributed by atoms with Gasteiger partial charge < -0.3 is 10.2 Å². The van der Waals surface area contributed by atoms with Crippen LogP contribution in [0, 0.1) is 3.57 Å². The highest BCUT2D eigenvalue weighted by Crippen LogP contribution is 2.22. The van der Waals surface area contributed by atoms with E-state index in [0.29, 0.717) is 9.13 Å². The average Bonchev–Trinajstić information content (AvgIpc) is 2.45. The maximum Gasteiger partial charge on any atom is 0.471 e. The maximum absolute atomic E-state index is 12.2. The topological polar surface area (TPSA) is 78.8 Å². The highest BCUT2D eigenvalue weighted by atomic mass is 127. The zero-order valence-corrected chi connectivity index (χ0v) is 15.7. The molecule has 134 valence electrons. The molecule has 6 nitrogen and oxygen atoms in total. The van der Waals surface area contributed by atoms with E-state index in [9.17, 15) is 26.4 Å². The van der Waals surface area contributed by atoms with Crippen molar-refractivity contribution in [1.29, 1.82) is 0 Å². The summed E-state index contributed by atoms with van der Waals surface area (Å²) < 4.78 is 64.6. The molecule has 0 heterocycles. The van der Waals surface area contributed by atoms with E-state index in [1.807, 2.05) is 22.6 Å². The molecule has 0 radical (unpaired) electrons. The first kappa shape index (κ1) is 20.7. The zero-order valence-electron chi connectivity index (χ0n) is 12.8. The standard InChI is InChI=1S/C13H15F3IN3O3S/c1-20(2)8-19-24(22,23)11-7-9(3-4-10(11)17)5-6-18-12(21)13(14,15)16/h3-4,7-8H,5-6H2,1-2H3,(H,18,21)/b19-8+. The van der Waals surface area contributed by atoms with Gasteiger partial charge in [0.05, 0.1) is 0 Å². The lowest BCUT2D eigenvalue weighted by Gasteiger charge is -2.09. The molecular weight excluding hydrogens is 462 g/mol. The van der Waals surface area contributed by atoms with E-state index in [1.54, 1.807) is 25.5 Å². The van der Waals surface area contributed by atoms with Crippen molar-refractivity contribution in [1.82, 2.24) is 10.2 Å². The van der Waals surface area contributed by atoms with Crippen LogP contribution in [-0.2, 0) is 21.2 Å². The van der Waals surface area contributed by atoms with Crippen LogP contribution in [0.15, 0.2) is 27.5 Å². The summed E-state index contributed by atoms with van der Waals surface area (Å²) in [5, 5.41) is 1.73. The Morgan fingerprint density at radius 1 is 1.38 bits per heavy atom. The summed E-state index contributed by atoms with van der Waals surface area (Å²) in [5.74, 6) is -2.03. The van der Waals surface area contributed by atoms with Crippen LogP contribution in [0.5, 0.6) is 0 Å². The number of carbonyl (C=O) groups excluding carboxylic acids is 1. The van der Waals surface area contributed by atoms with Gasteiger partial charge in [-0.1, -0.05) is 6.07 Å². The van der Waals surface area contributed by atoms with Gasteiger partial charge in [0.2, 0.25) is 0 Å². The molecule has 24 heavy (non-hydrogen) atoms. The smallest absolute Gasteiger partial charge is 0.368 e. The Morgan fingerprint density at radius 2 is 2.00 bits per heavy atom. The van der Waals surface area contributed by atoms with Gasteiger partial charge in [-0.3, -0.25) is 4.79 Å². The summed E-state index contributed by atoms with van der Waals surface area (Å²) in [6.45, 7) is -0.264. The third-order valence-corrected chi connectivity index (χ3v) is 5.22. The van der Waals surface area contributed by atoms with Gasteiger partial charge in [-0.2, -0.15) is 21.6 Å². The summed E-state index contributed by atoms with van der Waals surface area (Å²) >= 11 is 1.83. The highest BCUT2D eigenvalue weighted by molar-refractivity contribution is 14.1. The van der Waals surface area contributed by atoms with Crippen LogP contribution in [0.3, 0.4) is 0 Å². The first-order chi connectivity index (χ1) is 10.9. The van der Waals surface area contributed by atoms with Crippen LogP contribution in [-0.4, -0.2) is 52.4 Å². The second kappa shape index (κ2) is 8.14. The Labute approximate surface area is 151 Å². The lowest BCUT2D eigenvalue weighted by Crippen LogP contribution is -2.37.